The number of rotatable bonds is 24. The molecule has 83 heavy (non-hydrogen) atoms. The minimum absolute atomic E-state index is 0.0659. The molecule has 10 nitrogen and oxygen atoms in total. The second-order valence-corrected chi connectivity index (χ2v) is 23.9. The van der Waals surface area contributed by atoms with Gasteiger partial charge in [-0.3, -0.25) is 0 Å². The van der Waals surface area contributed by atoms with Crippen LogP contribution in [0.3, 0.4) is 0 Å². The number of aromatic nitrogens is 6. The molecule has 7 aromatic carbocycles. The van der Waals surface area contributed by atoms with E-state index in [4.69, 9.17) is 33.9 Å². The van der Waals surface area contributed by atoms with Crippen LogP contribution in [-0.2, 0) is 51.6 Å². The van der Waals surface area contributed by atoms with Gasteiger partial charge >= 0.3 is 0 Å². The van der Waals surface area contributed by atoms with Crippen LogP contribution in [0.5, 0.6) is 23.0 Å². The van der Waals surface area contributed by atoms with E-state index in [0.29, 0.717) is 48.6 Å². The van der Waals surface area contributed by atoms with Gasteiger partial charge in [-0.2, -0.15) is 0 Å². The van der Waals surface area contributed by atoms with E-state index in [1.807, 2.05) is 30.3 Å². The summed E-state index contributed by atoms with van der Waals surface area (Å²) in [7, 11) is 0. The first-order valence-corrected chi connectivity index (χ1v) is 29.8. The fourth-order valence-electron chi connectivity index (χ4n) is 9.87. The van der Waals surface area contributed by atoms with Crippen molar-refractivity contribution in [3.05, 3.63) is 186 Å². The lowest BCUT2D eigenvalue weighted by molar-refractivity contribution is 0.0172. The maximum absolute atomic E-state index is 13.6. The Morgan fingerprint density at radius 2 is 0.855 bits per heavy atom. The van der Waals surface area contributed by atoms with E-state index in [1.54, 1.807) is 12.1 Å². The molecule has 438 valence electrons. The third kappa shape index (κ3) is 17.6. The maximum atomic E-state index is 13.6. The number of hydrogen-bond acceptors (Lipinski definition) is 7. The highest BCUT2D eigenvalue weighted by Gasteiger charge is 2.25. The number of para-hydroxylation sites is 2. The van der Waals surface area contributed by atoms with E-state index in [0.717, 1.165) is 115 Å². The summed E-state index contributed by atoms with van der Waals surface area (Å²) in [6.45, 7) is 27.7. The Hall–Kier alpha value is -7.73. The van der Waals surface area contributed by atoms with Crippen LogP contribution in [0.2, 0.25) is 0 Å². The second-order valence-electron chi connectivity index (χ2n) is 23.9. The lowest BCUT2D eigenvalue weighted by Gasteiger charge is -2.15. The molecule has 0 aliphatic carbocycles. The van der Waals surface area contributed by atoms with E-state index >= 15 is 0 Å². The first-order chi connectivity index (χ1) is 39.9. The van der Waals surface area contributed by atoms with Crippen molar-refractivity contribution in [3.8, 4) is 23.0 Å². The van der Waals surface area contributed by atoms with Crippen molar-refractivity contribution in [1.82, 2.24) is 28.7 Å². The molecule has 0 bridgehead atoms. The number of hydrogen-bond donors (Lipinski definition) is 0. The molecule has 3 aromatic heterocycles. The molecule has 0 saturated heterocycles. The van der Waals surface area contributed by atoms with Gasteiger partial charge in [-0.25, -0.2) is 23.7 Å². The Labute approximate surface area is 490 Å². The molecule has 0 aliphatic rings. The predicted octanol–water partition coefficient (Wildman–Crippen LogP) is 18.1. The first kappa shape index (κ1) is 61.3. The maximum Gasteiger partial charge on any atom is 0.270 e. The number of benzene rings is 7. The minimum atomic E-state index is -2.91. The van der Waals surface area contributed by atoms with Crippen molar-refractivity contribution in [2.75, 3.05) is 13.2 Å². The number of aryl methyl sites for hydroxylation is 2. The third-order valence-electron chi connectivity index (χ3n) is 14.2. The fraction of sp³-hybridized carbons (Fsp3) is 0.394. The van der Waals surface area contributed by atoms with Crippen LogP contribution in [0.15, 0.2) is 158 Å². The monoisotopic (exact) mass is 1120 g/mol. The summed E-state index contributed by atoms with van der Waals surface area (Å²) >= 11 is 0. The topological polar surface area (TPSA) is 90.4 Å². The molecule has 12 heteroatoms. The molecule has 0 spiro atoms. The van der Waals surface area contributed by atoms with E-state index in [1.165, 1.54) is 39.8 Å². The first-order valence-electron chi connectivity index (χ1n) is 29.8. The van der Waals surface area contributed by atoms with E-state index in [9.17, 15) is 8.78 Å². The van der Waals surface area contributed by atoms with E-state index in [-0.39, 0.29) is 12.2 Å². The van der Waals surface area contributed by atoms with Crippen molar-refractivity contribution in [1.29, 1.82) is 0 Å². The molecular formula is C71H86F2N6O4. The molecule has 0 amide bonds. The molecule has 0 N–H and O–H groups in total. The fourth-order valence-corrected chi connectivity index (χ4v) is 9.87. The van der Waals surface area contributed by atoms with Gasteiger partial charge in [0.1, 0.15) is 53.7 Å². The molecule has 0 saturated carbocycles. The number of ether oxygens (including phenoxy) is 4. The molecule has 0 aliphatic heterocycles. The van der Waals surface area contributed by atoms with Crippen LogP contribution in [0, 0.1) is 29.6 Å². The van der Waals surface area contributed by atoms with Crippen molar-refractivity contribution in [3.63, 3.8) is 0 Å². The molecule has 0 fully saturated rings. The quantitative estimate of drug-likeness (QED) is 0.0595. The summed E-state index contributed by atoms with van der Waals surface area (Å²) in [6, 6.07) is 51.8. The summed E-state index contributed by atoms with van der Waals surface area (Å²) in [6.07, 6.45) is 4.08. The Morgan fingerprint density at radius 1 is 0.398 bits per heavy atom. The highest BCUT2D eigenvalue weighted by molar-refractivity contribution is 5.84. The van der Waals surface area contributed by atoms with Crippen LogP contribution in [0.1, 0.15) is 118 Å². The highest BCUT2D eigenvalue weighted by Crippen LogP contribution is 2.31. The number of alkyl halides is 2. The Bertz CT molecular complexity index is 3630. The number of nitrogens with zero attached hydrogens (tertiary/aromatic N) is 6. The average molecular weight is 1130 g/mol. The summed E-state index contributed by atoms with van der Waals surface area (Å²) in [5.41, 5.74) is 7.62. The summed E-state index contributed by atoms with van der Waals surface area (Å²) < 4.78 is 58.0. The predicted molar refractivity (Wildman–Crippen MR) is 336 cm³/mol. The highest BCUT2D eigenvalue weighted by atomic mass is 19.3. The van der Waals surface area contributed by atoms with Gasteiger partial charge in [-0.1, -0.05) is 154 Å². The zero-order chi connectivity index (χ0) is 59.0. The molecule has 10 rings (SSSR count). The number of imidazole rings is 3. The van der Waals surface area contributed by atoms with Crippen LogP contribution >= 0.6 is 0 Å². The van der Waals surface area contributed by atoms with Crippen LogP contribution in [0.4, 0.5) is 8.78 Å². The molecule has 0 radical (unpaired) electrons. The molecule has 3 heterocycles. The van der Waals surface area contributed by atoms with Gasteiger partial charge in [-0.05, 0) is 126 Å². The standard InChI is InChI=1S/C27H32N2O2.C25H32F2N2O2.C19H22N2/c1-19(2)13-14-30-24-11-12-25-26(16-24)29(17-20(3)4)27(28-25)18-31-23-10-9-21-7-5-6-8-22(21)15-23;1-17(2)11-12-30-21-9-10-22-23(14-21)29(15-18(3)4)24(28-22)16-31-20-8-6-7-19(13-20)25(5,26)27;1-15(2)14-21-18-11-7-6-10-17(18)20-19(21)13-12-16-8-4-3-5-9-16/h5-12,15-16,19-20H,13-14,17-18H2,1-4H3;6-10,13-14,17-18H,11-12,15-16H2,1-5H3;3-11,15H,12-14H2,1-2H3. The Kier molecular flexibility index (Phi) is 21.4. The van der Waals surface area contributed by atoms with Gasteiger partial charge in [0.2, 0.25) is 0 Å². The normalized spacial score (nSPS) is 11.8. The van der Waals surface area contributed by atoms with Gasteiger partial charge in [0, 0.05) is 50.7 Å². The van der Waals surface area contributed by atoms with Gasteiger partial charge in [0.25, 0.3) is 5.92 Å². The largest absolute Gasteiger partial charge is 0.494 e. The lowest BCUT2D eigenvalue weighted by atomic mass is 10.1. The molecule has 0 atom stereocenters. The summed E-state index contributed by atoms with van der Waals surface area (Å²) in [5, 5.41) is 2.39. The lowest BCUT2D eigenvalue weighted by Crippen LogP contribution is -2.11. The van der Waals surface area contributed by atoms with Gasteiger partial charge in [0.05, 0.1) is 46.3 Å². The Morgan fingerprint density at radius 3 is 1.40 bits per heavy atom. The number of halogens is 2. The van der Waals surface area contributed by atoms with Gasteiger partial charge < -0.3 is 32.6 Å². The van der Waals surface area contributed by atoms with Gasteiger partial charge in [0.15, 0.2) is 0 Å². The second kappa shape index (κ2) is 29.0. The zero-order valence-electron chi connectivity index (χ0n) is 50.7. The van der Waals surface area contributed by atoms with Crippen molar-refractivity contribution in [2.24, 2.45) is 29.6 Å². The molecule has 0 unspecified atom stereocenters. The van der Waals surface area contributed by atoms with Gasteiger partial charge in [-0.15, -0.1) is 0 Å². The smallest absolute Gasteiger partial charge is 0.270 e. The van der Waals surface area contributed by atoms with E-state index < -0.39 is 5.92 Å². The summed E-state index contributed by atoms with van der Waals surface area (Å²) in [4.78, 5) is 14.5. The number of fused-ring (bicyclic) bond motifs is 4. The van der Waals surface area contributed by atoms with Crippen molar-refractivity contribution < 1.29 is 27.7 Å². The Balaban J connectivity index is 0.000000166. The molecular weight excluding hydrogens is 1040 g/mol. The van der Waals surface area contributed by atoms with Crippen molar-refractivity contribution >= 4 is 43.9 Å². The van der Waals surface area contributed by atoms with E-state index in [2.05, 4.69) is 186 Å². The van der Waals surface area contributed by atoms with Crippen LogP contribution < -0.4 is 18.9 Å². The van der Waals surface area contributed by atoms with Crippen LogP contribution in [0.25, 0.3) is 43.9 Å². The average Bonchev–Trinajstić information content (AvgIpc) is 4.32. The third-order valence-corrected chi connectivity index (χ3v) is 14.2. The zero-order valence-corrected chi connectivity index (χ0v) is 50.7. The van der Waals surface area contributed by atoms with Crippen LogP contribution in [-0.4, -0.2) is 41.9 Å². The van der Waals surface area contributed by atoms with Crippen molar-refractivity contribution in [2.45, 2.75) is 141 Å². The minimum Gasteiger partial charge on any atom is -0.494 e. The SMILES string of the molecule is CC(C)CCOc1ccc2nc(COc3ccc4ccccc4c3)n(CC(C)C)c2c1.CC(C)CCOc1ccc2nc(COc3cccc(C(C)(F)F)c3)n(CC(C)C)c2c1.CC(C)Cn1c(CCc2ccccc2)nc2ccccc21. The molecule has 10 aromatic rings. The summed E-state index contributed by atoms with van der Waals surface area (Å²) in [5.74, 6) is 5.74.